The van der Waals surface area contributed by atoms with Crippen molar-refractivity contribution in [2.75, 3.05) is 20.6 Å². The van der Waals surface area contributed by atoms with E-state index >= 15 is 0 Å². The molecular weight excluding hydrogens is 454 g/mol. The summed E-state index contributed by atoms with van der Waals surface area (Å²) in [5, 5.41) is 6.55. The molecule has 0 spiro atoms. The zero-order valence-electron chi connectivity index (χ0n) is 16.6. The lowest BCUT2D eigenvalue weighted by atomic mass is 10.1. The van der Waals surface area contributed by atoms with Crippen molar-refractivity contribution >= 4 is 29.9 Å². The van der Waals surface area contributed by atoms with Crippen molar-refractivity contribution < 1.29 is 4.39 Å². The quantitative estimate of drug-likeness (QED) is 0.354. The lowest BCUT2D eigenvalue weighted by molar-refractivity contribution is 0.402. The summed E-state index contributed by atoms with van der Waals surface area (Å²) in [6.45, 7) is 6.63. The normalized spacial score (nSPS) is 11.3. The molecule has 0 saturated heterocycles. The van der Waals surface area contributed by atoms with Gasteiger partial charge in [0, 0.05) is 19.6 Å². The topological polar surface area (TPSA) is 39.7 Å². The van der Waals surface area contributed by atoms with Crippen LogP contribution >= 0.6 is 24.0 Å². The van der Waals surface area contributed by atoms with Crippen LogP contribution in [0.2, 0.25) is 0 Å². The third-order valence-corrected chi connectivity index (χ3v) is 3.98. The molecule has 0 amide bonds. The van der Waals surface area contributed by atoms with Gasteiger partial charge in [0.2, 0.25) is 0 Å². The predicted octanol–water partition coefficient (Wildman–Crippen LogP) is 4.07. The molecule has 0 radical (unpaired) electrons. The molecule has 0 atom stereocenters. The molecule has 2 aromatic carbocycles. The summed E-state index contributed by atoms with van der Waals surface area (Å²) in [5.41, 5.74) is 4.00. The standard InChI is InChI=1S/C21H29FN4.HI/c1-5-23-21(25-14-19-7-6-16(2)20(22)12-19)24-13-17-8-10-18(11-9-17)15-26(3)4;/h6-12H,5,13-15H2,1-4H3,(H2,23,24,25);1H. The first-order valence-electron chi connectivity index (χ1n) is 8.97. The maximum Gasteiger partial charge on any atom is 0.191 e. The van der Waals surface area contributed by atoms with Gasteiger partial charge in [0.25, 0.3) is 0 Å². The molecule has 2 N–H and O–H groups in total. The average Bonchev–Trinajstić information content (AvgIpc) is 2.61. The summed E-state index contributed by atoms with van der Waals surface area (Å²) in [4.78, 5) is 6.70. The Bertz CT molecular complexity index is 729. The van der Waals surface area contributed by atoms with Crippen LogP contribution in [0.5, 0.6) is 0 Å². The Labute approximate surface area is 179 Å². The second-order valence-corrected chi connectivity index (χ2v) is 6.69. The lowest BCUT2D eigenvalue weighted by Crippen LogP contribution is -2.36. The van der Waals surface area contributed by atoms with Crippen molar-refractivity contribution in [2.24, 2.45) is 4.99 Å². The summed E-state index contributed by atoms with van der Waals surface area (Å²) in [7, 11) is 4.13. The van der Waals surface area contributed by atoms with E-state index in [0.29, 0.717) is 18.7 Å². The van der Waals surface area contributed by atoms with Crippen molar-refractivity contribution in [2.45, 2.75) is 33.5 Å². The van der Waals surface area contributed by atoms with Gasteiger partial charge < -0.3 is 15.5 Å². The first-order chi connectivity index (χ1) is 12.5. The van der Waals surface area contributed by atoms with Gasteiger partial charge in [0.05, 0.1) is 6.54 Å². The van der Waals surface area contributed by atoms with Gasteiger partial charge in [-0.05, 0) is 56.3 Å². The van der Waals surface area contributed by atoms with E-state index in [0.717, 1.165) is 24.6 Å². The molecule has 0 aliphatic heterocycles. The van der Waals surface area contributed by atoms with Crippen LogP contribution in [-0.2, 0) is 19.6 Å². The highest BCUT2D eigenvalue weighted by atomic mass is 127. The van der Waals surface area contributed by atoms with Gasteiger partial charge in [-0.3, -0.25) is 0 Å². The molecule has 148 valence electrons. The first kappa shape index (κ1) is 23.4. The van der Waals surface area contributed by atoms with E-state index in [9.17, 15) is 4.39 Å². The molecule has 6 heteroatoms. The number of hydrogen-bond donors (Lipinski definition) is 2. The van der Waals surface area contributed by atoms with E-state index < -0.39 is 0 Å². The molecule has 0 bridgehead atoms. The summed E-state index contributed by atoms with van der Waals surface area (Å²) in [6.07, 6.45) is 0. The van der Waals surface area contributed by atoms with Gasteiger partial charge in [0.1, 0.15) is 5.82 Å². The smallest absolute Gasteiger partial charge is 0.191 e. The Hall–Kier alpha value is -1.67. The summed E-state index contributed by atoms with van der Waals surface area (Å²) in [5.74, 6) is 0.541. The monoisotopic (exact) mass is 484 g/mol. The van der Waals surface area contributed by atoms with Crippen LogP contribution in [0.3, 0.4) is 0 Å². The zero-order valence-corrected chi connectivity index (χ0v) is 18.9. The van der Waals surface area contributed by atoms with Crippen LogP contribution in [0.4, 0.5) is 4.39 Å². The molecule has 0 aromatic heterocycles. The van der Waals surface area contributed by atoms with Crippen molar-refractivity contribution in [3.05, 3.63) is 70.5 Å². The van der Waals surface area contributed by atoms with Crippen LogP contribution in [0.15, 0.2) is 47.5 Å². The van der Waals surface area contributed by atoms with Crippen molar-refractivity contribution in [3.63, 3.8) is 0 Å². The molecule has 0 saturated carbocycles. The zero-order chi connectivity index (χ0) is 18.9. The molecular formula is C21H30FIN4. The molecule has 0 aliphatic rings. The van der Waals surface area contributed by atoms with E-state index in [-0.39, 0.29) is 29.8 Å². The molecule has 0 fully saturated rings. The van der Waals surface area contributed by atoms with Crippen LogP contribution in [0, 0.1) is 12.7 Å². The fraction of sp³-hybridized carbons (Fsp3) is 0.381. The highest BCUT2D eigenvalue weighted by Crippen LogP contribution is 2.10. The minimum absolute atomic E-state index is 0. The SMILES string of the molecule is CCNC(=NCc1ccc(C)c(F)c1)NCc1ccc(CN(C)C)cc1.I. The van der Waals surface area contributed by atoms with Crippen molar-refractivity contribution in [1.29, 1.82) is 0 Å². The first-order valence-corrected chi connectivity index (χ1v) is 8.97. The van der Waals surface area contributed by atoms with Gasteiger partial charge in [0.15, 0.2) is 5.96 Å². The third kappa shape index (κ3) is 8.26. The number of aliphatic imine (C=N–C) groups is 1. The van der Waals surface area contributed by atoms with E-state index in [4.69, 9.17) is 0 Å². The minimum atomic E-state index is -0.187. The molecule has 2 aromatic rings. The fourth-order valence-electron chi connectivity index (χ4n) is 2.56. The number of nitrogens with zero attached hydrogens (tertiary/aromatic N) is 2. The Kier molecular flexibility index (Phi) is 10.3. The maximum absolute atomic E-state index is 13.7. The summed E-state index contributed by atoms with van der Waals surface area (Å²) in [6, 6.07) is 13.8. The Morgan fingerprint density at radius 3 is 2.22 bits per heavy atom. The van der Waals surface area contributed by atoms with Gasteiger partial charge in [-0.1, -0.05) is 36.4 Å². The van der Waals surface area contributed by atoms with Gasteiger partial charge in [-0.2, -0.15) is 0 Å². The van der Waals surface area contributed by atoms with E-state index in [1.54, 1.807) is 19.1 Å². The van der Waals surface area contributed by atoms with Gasteiger partial charge in [-0.25, -0.2) is 9.38 Å². The second-order valence-electron chi connectivity index (χ2n) is 6.69. The Morgan fingerprint density at radius 2 is 1.63 bits per heavy atom. The molecule has 2 rings (SSSR count). The summed E-state index contributed by atoms with van der Waals surface area (Å²) < 4.78 is 13.7. The van der Waals surface area contributed by atoms with E-state index in [2.05, 4.69) is 58.9 Å². The van der Waals surface area contributed by atoms with Crippen LogP contribution < -0.4 is 10.6 Å². The van der Waals surface area contributed by atoms with E-state index in [1.807, 2.05) is 13.0 Å². The molecule has 27 heavy (non-hydrogen) atoms. The number of benzene rings is 2. The predicted molar refractivity (Wildman–Crippen MR) is 122 cm³/mol. The minimum Gasteiger partial charge on any atom is -0.357 e. The van der Waals surface area contributed by atoms with Crippen LogP contribution in [-0.4, -0.2) is 31.5 Å². The number of guanidine groups is 1. The number of aryl methyl sites for hydroxylation is 1. The van der Waals surface area contributed by atoms with Gasteiger partial charge in [-0.15, -0.1) is 24.0 Å². The molecule has 4 nitrogen and oxygen atoms in total. The van der Waals surface area contributed by atoms with E-state index in [1.165, 1.54) is 11.1 Å². The molecule has 0 heterocycles. The summed E-state index contributed by atoms with van der Waals surface area (Å²) >= 11 is 0. The van der Waals surface area contributed by atoms with Crippen molar-refractivity contribution in [3.8, 4) is 0 Å². The Balaban J connectivity index is 0.00000364. The van der Waals surface area contributed by atoms with Gasteiger partial charge >= 0.3 is 0 Å². The van der Waals surface area contributed by atoms with Crippen LogP contribution in [0.25, 0.3) is 0 Å². The van der Waals surface area contributed by atoms with Crippen molar-refractivity contribution in [1.82, 2.24) is 15.5 Å². The highest BCUT2D eigenvalue weighted by Gasteiger charge is 2.02. The second kappa shape index (κ2) is 11.9. The fourth-order valence-corrected chi connectivity index (χ4v) is 2.56. The highest BCUT2D eigenvalue weighted by molar-refractivity contribution is 14.0. The number of nitrogens with one attached hydrogen (secondary N) is 2. The number of halogens is 2. The average molecular weight is 484 g/mol. The third-order valence-electron chi connectivity index (χ3n) is 3.98. The number of hydrogen-bond acceptors (Lipinski definition) is 2. The molecule has 0 unspecified atom stereocenters. The number of rotatable bonds is 7. The Morgan fingerprint density at radius 1 is 1.00 bits per heavy atom. The molecule has 0 aliphatic carbocycles. The van der Waals surface area contributed by atoms with Crippen LogP contribution in [0.1, 0.15) is 29.2 Å². The lowest BCUT2D eigenvalue weighted by Gasteiger charge is -2.13. The largest absolute Gasteiger partial charge is 0.357 e. The maximum atomic E-state index is 13.7.